The fraction of sp³-hybridized carbons (Fsp3) is 0.800. The van der Waals surface area contributed by atoms with Crippen LogP contribution in [0, 0.1) is 0 Å². The van der Waals surface area contributed by atoms with Crippen LogP contribution in [-0.4, -0.2) is 92.4 Å². The van der Waals surface area contributed by atoms with E-state index >= 15 is 0 Å². The van der Waals surface area contributed by atoms with Crippen molar-refractivity contribution >= 4 is 20.0 Å². The van der Waals surface area contributed by atoms with Gasteiger partial charge < -0.3 is 24.4 Å². The molecule has 2 N–H and O–H groups in total. The molecule has 0 bridgehead atoms. The molecule has 0 amide bonds. The van der Waals surface area contributed by atoms with Gasteiger partial charge in [0.05, 0.1) is 45.8 Å². The number of aliphatic hydroxyl groups excluding tert-OH is 2. The predicted octanol–water partition coefficient (Wildman–Crippen LogP) is -2.07. The topological polar surface area (TPSA) is 99.4 Å². The number of hydrogen-bond acceptors (Lipinski definition) is 9. The Hall–Kier alpha value is -1.20. The second-order valence-corrected chi connectivity index (χ2v) is 4.18. The number of aliphatic imine (C=N–C) groups is 2. The lowest BCUT2D eigenvalue weighted by molar-refractivity contribution is -0.0818. The molecule has 0 spiro atoms. The van der Waals surface area contributed by atoms with E-state index in [1.54, 1.807) is 17.6 Å². The van der Waals surface area contributed by atoms with Crippen LogP contribution in [0.15, 0.2) is 9.98 Å². The Kier molecular flexibility index (Phi) is 6.21. The largest absolute Gasteiger partial charge is 0.664 e. The average Bonchev–Trinajstić information content (AvgIpc) is 3.14. The first kappa shape index (κ1) is 15.2. The molecule has 9 nitrogen and oxygen atoms in total. The van der Waals surface area contributed by atoms with E-state index in [1.165, 1.54) is 5.06 Å². The Balaban J connectivity index is 1.86. The molecule has 0 saturated heterocycles. The zero-order valence-corrected chi connectivity index (χ0v) is 11.2. The summed E-state index contributed by atoms with van der Waals surface area (Å²) in [6.45, 7) is 2.30. The van der Waals surface area contributed by atoms with Gasteiger partial charge in [-0.15, -0.1) is 0 Å². The van der Waals surface area contributed by atoms with Crippen molar-refractivity contribution in [2.75, 3.05) is 46.0 Å². The average molecular weight is 286 g/mol. The SMILES string of the molecule is OCCOB(OC(CO)N1C=NCC1)ON1C=NCC1. The molecule has 112 valence electrons. The summed E-state index contributed by atoms with van der Waals surface area (Å²) in [5, 5.41) is 19.7. The number of hydroxylamine groups is 2. The highest BCUT2D eigenvalue weighted by atomic mass is 16.8. The van der Waals surface area contributed by atoms with Crippen molar-refractivity contribution in [2.45, 2.75) is 6.23 Å². The van der Waals surface area contributed by atoms with Gasteiger partial charge in [0.2, 0.25) is 0 Å². The molecule has 2 rings (SSSR count). The van der Waals surface area contributed by atoms with Crippen LogP contribution in [0.25, 0.3) is 0 Å². The van der Waals surface area contributed by atoms with Crippen molar-refractivity contribution in [1.82, 2.24) is 9.96 Å². The maximum atomic E-state index is 9.39. The molecule has 10 heteroatoms. The van der Waals surface area contributed by atoms with E-state index in [-0.39, 0.29) is 19.8 Å². The number of nitrogens with zero attached hydrogens (tertiary/aromatic N) is 4. The van der Waals surface area contributed by atoms with Gasteiger partial charge in [0, 0.05) is 6.54 Å². The monoisotopic (exact) mass is 286 g/mol. The van der Waals surface area contributed by atoms with Crippen molar-refractivity contribution in [3.05, 3.63) is 0 Å². The lowest BCUT2D eigenvalue weighted by Gasteiger charge is -2.28. The fourth-order valence-corrected chi connectivity index (χ4v) is 1.76. The summed E-state index contributed by atoms with van der Waals surface area (Å²) in [7, 11) is -1.03. The van der Waals surface area contributed by atoms with Gasteiger partial charge in [-0.3, -0.25) is 19.8 Å². The minimum atomic E-state index is -1.03. The number of hydrogen-bond donors (Lipinski definition) is 2. The zero-order valence-electron chi connectivity index (χ0n) is 11.2. The Morgan fingerprint density at radius 3 is 2.60 bits per heavy atom. The van der Waals surface area contributed by atoms with E-state index in [4.69, 9.17) is 19.2 Å². The Labute approximate surface area is 117 Å². The van der Waals surface area contributed by atoms with Crippen LogP contribution < -0.4 is 0 Å². The third kappa shape index (κ3) is 4.42. The summed E-state index contributed by atoms with van der Waals surface area (Å²) in [5.41, 5.74) is 0. The molecular formula is C10H19BN4O5. The standard InChI is InChI=1S/C10H19BN4O5/c16-5-6-18-11(20-15-4-2-13-9-15)19-10(7-17)14-3-1-12-8-14/h8-10,16-17H,1-7H2. The van der Waals surface area contributed by atoms with Crippen molar-refractivity contribution in [3.8, 4) is 0 Å². The molecule has 2 aliphatic rings. The van der Waals surface area contributed by atoms with Crippen molar-refractivity contribution < 1.29 is 24.3 Å². The second kappa shape index (κ2) is 8.17. The molecule has 0 saturated carbocycles. The molecule has 20 heavy (non-hydrogen) atoms. The molecule has 2 aliphatic heterocycles. The molecule has 0 fully saturated rings. The van der Waals surface area contributed by atoms with E-state index in [0.29, 0.717) is 26.2 Å². The first-order chi connectivity index (χ1) is 9.83. The van der Waals surface area contributed by atoms with Crippen LogP contribution >= 0.6 is 0 Å². The number of aliphatic hydroxyl groups is 2. The van der Waals surface area contributed by atoms with Crippen LogP contribution in [0.3, 0.4) is 0 Å². The van der Waals surface area contributed by atoms with Gasteiger partial charge in [-0.2, -0.15) is 0 Å². The van der Waals surface area contributed by atoms with Crippen LogP contribution in [0.2, 0.25) is 0 Å². The van der Waals surface area contributed by atoms with Gasteiger partial charge in [0.25, 0.3) is 0 Å². The van der Waals surface area contributed by atoms with E-state index in [9.17, 15) is 5.11 Å². The molecule has 0 aromatic carbocycles. The molecule has 0 aromatic rings. The Morgan fingerprint density at radius 2 is 2.00 bits per heavy atom. The van der Waals surface area contributed by atoms with E-state index < -0.39 is 13.5 Å². The Bertz CT molecular complexity index is 346. The van der Waals surface area contributed by atoms with Gasteiger partial charge in [0.15, 0.2) is 0 Å². The van der Waals surface area contributed by atoms with E-state index in [1.807, 2.05) is 0 Å². The van der Waals surface area contributed by atoms with Crippen LogP contribution in [0.4, 0.5) is 0 Å². The van der Waals surface area contributed by atoms with Crippen LogP contribution in [0.5, 0.6) is 0 Å². The summed E-state index contributed by atoms with van der Waals surface area (Å²) in [6.07, 6.45) is 2.56. The molecule has 1 unspecified atom stereocenters. The lowest BCUT2D eigenvalue weighted by Crippen LogP contribution is -2.46. The quantitative estimate of drug-likeness (QED) is 0.470. The van der Waals surface area contributed by atoms with Gasteiger partial charge in [-0.25, -0.2) is 0 Å². The lowest BCUT2D eigenvalue weighted by atomic mass is 10.2. The van der Waals surface area contributed by atoms with Crippen LogP contribution in [0.1, 0.15) is 0 Å². The van der Waals surface area contributed by atoms with Crippen molar-refractivity contribution in [2.24, 2.45) is 9.98 Å². The van der Waals surface area contributed by atoms with E-state index in [0.717, 1.165) is 0 Å². The fourth-order valence-electron chi connectivity index (χ4n) is 1.76. The van der Waals surface area contributed by atoms with Crippen molar-refractivity contribution in [1.29, 1.82) is 0 Å². The van der Waals surface area contributed by atoms with Crippen LogP contribution in [-0.2, 0) is 14.1 Å². The first-order valence-electron chi connectivity index (χ1n) is 6.51. The highest BCUT2D eigenvalue weighted by Crippen LogP contribution is 2.08. The first-order valence-corrected chi connectivity index (χ1v) is 6.51. The minimum Gasteiger partial charge on any atom is -0.394 e. The normalized spacial score (nSPS) is 19.1. The zero-order chi connectivity index (χ0) is 14.2. The molecular weight excluding hydrogens is 267 g/mol. The van der Waals surface area contributed by atoms with Gasteiger partial charge in [-0.1, -0.05) is 0 Å². The van der Waals surface area contributed by atoms with Crippen molar-refractivity contribution in [3.63, 3.8) is 0 Å². The van der Waals surface area contributed by atoms with Gasteiger partial charge in [0.1, 0.15) is 12.6 Å². The third-order valence-corrected chi connectivity index (χ3v) is 2.74. The Morgan fingerprint density at radius 1 is 1.20 bits per heavy atom. The van der Waals surface area contributed by atoms with Gasteiger partial charge >= 0.3 is 7.32 Å². The van der Waals surface area contributed by atoms with Gasteiger partial charge in [-0.05, 0) is 0 Å². The second-order valence-electron chi connectivity index (χ2n) is 4.18. The summed E-state index contributed by atoms with van der Waals surface area (Å²) in [5.74, 6) is 0. The smallest absolute Gasteiger partial charge is 0.394 e. The third-order valence-electron chi connectivity index (χ3n) is 2.74. The minimum absolute atomic E-state index is 0.0713. The van der Waals surface area contributed by atoms with E-state index in [2.05, 4.69) is 9.98 Å². The summed E-state index contributed by atoms with van der Waals surface area (Å²) in [6, 6.07) is 0. The molecule has 0 radical (unpaired) electrons. The maximum absolute atomic E-state index is 9.39. The number of rotatable bonds is 9. The predicted molar refractivity (Wildman–Crippen MR) is 72.0 cm³/mol. The molecule has 1 atom stereocenters. The molecule has 0 aliphatic carbocycles. The molecule has 0 aromatic heterocycles. The highest BCUT2D eigenvalue weighted by Gasteiger charge is 2.32. The summed E-state index contributed by atoms with van der Waals surface area (Å²) in [4.78, 5) is 9.83. The molecule has 2 heterocycles. The highest BCUT2D eigenvalue weighted by molar-refractivity contribution is 6.36. The summed E-state index contributed by atoms with van der Waals surface area (Å²) < 4.78 is 16.3. The maximum Gasteiger partial charge on any atom is 0.664 e. The summed E-state index contributed by atoms with van der Waals surface area (Å²) >= 11 is 0.